The molecule has 1 N–H and O–H groups in total. The van der Waals surface area contributed by atoms with Gasteiger partial charge in [-0.1, -0.05) is 23.7 Å². The molecule has 0 saturated heterocycles. The molecule has 0 radical (unpaired) electrons. The van der Waals surface area contributed by atoms with Gasteiger partial charge in [-0.15, -0.1) is 0 Å². The smallest absolute Gasteiger partial charge is 0.156 e. The third-order valence-corrected chi connectivity index (χ3v) is 2.69. The first-order valence-corrected chi connectivity index (χ1v) is 6.08. The lowest BCUT2D eigenvalue weighted by atomic mass is 10.2. The third-order valence-electron chi connectivity index (χ3n) is 2.39. The zero-order chi connectivity index (χ0) is 13.7. The lowest BCUT2D eigenvalue weighted by Gasteiger charge is -2.12. The first kappa shape index (κ1) is 13.3. The van der Waals surface area contributed by atoms with Crippen LogP contribution >= 0.6 is 11.6 Å². The largest absolute Gasteiger partial charge is 0.492 e. The quantitative estimate of drug-likeness (QED) is 0.672. The molecule has 1 aromatic heterocycles. The molecule has 5 nitrogen and oxygen atoms in total. The van der Waals surface area contributed by atoms with Crippen molar-refractivity contribution < 1.29 is 9.53 Å². The second-order valence-electron chi connectivity index (χ2n) is 3.60. The van der Waals surface area contributed by atoms with E-state index >= 15 is 0 Å². The van der Waals surface area contributed by atoms with Crippen LogP contribution in [-0.2, 0) is 0 Å². The van der Waals surface area contributed by atoms with Crippen molar-refractivity contribution in [3.8, 4) is 5.75 Å². The highest BCUT2D eigenvalue weighted by atomic mass is 35.5. The van der Waals surface area contributed by atoms with Crippen molar-refractivity contribution in [1.82, 2.24) is 9.97 Å². The van der Waals surface area contributed by atoms with E-state index in [4.69, 9.17) is 16.3 Å². The Hall–Kier alpha value is -2.14. The number of nitrogens with zero attached hydrogens (tertiary/aromatic N) is 2. The number of carbonyl (C=O) groups excluding carboxylic acids is 1. The number of rotatable bonds is 5. The number of hydrogen-bond donors (Lipinski definition) is 1. The van der Waals surface area contributed by atoms with E-state index in [-0.39, 0.29) is 10.7 Å². The second-order valence-corrected chi connectivity index (χ2v) is 3.96. The molecule has 98 valence electrons. The van der Waals surface area contributed by atoms with E-state index in [1.165, 1.54) is 6.33 Å². The molecular formula is C13H12ClN3O2. The summed E-state index contributed by atoms with van der Waals surface area (Å²) in [5.41, 5.74) is 0.928. The highest BCUT2D eigenvalue weighted by molar-refractivity contribution is 6.32. The number of aldehydes is 1. The molecule has 1 heterocycles. The minimum Gasteiger partial charge on any atom is -0.492 e. The summed E-state index contributed by atoms with van der Waals surface area (Å²) >= 11 is 5.84. The van der Waals surface area contributed by atoms with E-state index in [2.05, 4.69) is 15.3 Å². The van der Waals surface area contributed by atoms with Gasteiger partial charge in [0.25, 0.3) is 0 Å². The number of hydrogen-bond acceptors (Lipinski definition) is 5. The SMILES string of the molecule is CCOc1ccccc1Nc1ncnc(Cl)c1C=O. The maximum Gasteiger partial charge on any atom is 0.156 e. The zero-order valence-electron chi connectivity index (χ0n) is 10.3. The van der Waals surface area contributed by atoms with Crippen LogP contribution in [0.25, 0.3) is 0 Å². The molecule has 0 aliphatic heterocycles. The van der Waals surface area contributed by atoms with Crippen molar-refractivity contribution in [2.75, 3.05) is 11.9 Å². The zero-order valence-corrected chi connectivity index (χ0v) is 11.0. The molecule has 0 atom stereocenters. The van der Waals surface area contributed by atoms with Gasteiger partial charge in [0, 0.05) is 0 Å². The first-order chi connectivity index (χ1) is 9.26. The number of nitrogens with one attached hydrogen (secondary N) is 1. The predicted molar refractivity (Wildman–Crippen MR) is 73.3 cm³/mol. The molecule has 2 aromatic rings. The van der Waals surface area contributed by atoms with Crippen molar-refractivity contribution in [1.29, 1.82) is 0 Å². The maximum atomic E-state index is 11.0. The first-order valence-electron chi connectivity index (χ1n) is 5.70. The van der Waals surface area contributed by atoms with Gasteiger partial charge in [0.2, 0.25) is 0 Å². The van der Waals surface area contributed by atoms with Crippen LogP contribution in [0.4, 0.5) is 11.5 Å². The average Bonchev–Trinajstić information content (AvgIpc) is 2.41. The van der Waals surface area contributed by atoms with Gasteiger partial charge >= 0.3 is 0 Å². The van der Waals surface area contributed by atoms with E-state index < -0.39 is 0 Å². The number of ether oxygens (including phenoxy) is 1. The topological polar surface area (TPSA) is 64.1 Å². The van der Waals surface area contributed by atoms with Crippen LogP contribution in [0.1, 0.15) is 17.3 Å². The van der Waals surface area contributed by atoms with Crippen molar-refractivity contribution in [3.05, 3.63) is 41.3 Å². The van der Waals surface area contributed by atoms with Crippen molar-refractivity contribution in [2.24, 2.45) is 0 Å². The number of benzene rings is 1. The Morgan fingerprint density at radius 1 is 1.37 bits per heavy atom. The Kier molecular flexibility index (Phi) is 4.30. The fourth-order valence-electron chi connectivity index (χ4n) is 1.56. The van der Waals surface area contributed by atoms with E-state index in [1.54, 1.807) is 0 Å². The summed E-state index contributed by atoms with van der Waals surface area (Å²) in [6.45, 7) is 2.44. The molecule has 0 amide bonds. The molecule has 2 rings (SSSR count). The van der Waals surface area contributed by atoms with Crippen molar-refractivity contribution >= 4 is 29.4 Å². The number of halogens is 1. The van der Waals surface area contributed by atoms with Crippen LogP contribution < -0.4 is 10.1 Å². The summed E-state index contributed by atoms with van der Waals surface area (Å²) in [6.07, 6.45) is 1.91. The van der Waals surface area contributed by atoms with Crippen LogP contribution in [0.2, 0.25) is 5.15 Å². The highest BCUT2D eigenvalue weighted by Crippen LogP contribution is 2.28. The van der Waals surface area contributed by atoms with Gasteiger partial charge in [0.05, 0.1) is 17.9 Å². The van der Waals surface area contributed by atoms with Crippen LogP contribution in [0.3, 0.4) is 0 Å². The third kappa shape index (κ3) is 3.00. The summed E-state index contributed by atoms with van der Waals surface area (Å²) in [6, 6.07) is 7.38. The van der Waals surface area contributed by atoms with Gasteiger partial charge in [-0.3, -0.25) is 4.79 Å². The molecule has 19 heavy (non-hydrogen) atoms. The molecule has 0 aliphatic carbocycles. The summed E-state index contributed by atoms with van der Waals surface area (Å²) < 4.78 is 5.49. The Labute approximate surface area is 115 Å². The van der Waals surface area contributed by atoms with Crippen molar-refractivity contribution in [2.45, 2.75) is 6.92 Å². The minimum absolute atomic E-state index is 0.112. The molecule has 0 unspecified atom stereocenters. The van der Waals surface area contributed by atoms with Gasteiger partial charge < -0.3 is 10.1 Å². The summed E-state index contributed by atoms with van der Waals surface area (Å²) in [5.74, 6) is 1.03. The highest BCUT2D eigenvalue weighted by Gasteiger charge is 2.11. The molecular weight excluding hydrogens is 266 g/mol. The van der Waals surface area contributed by atoms with E-state index in [9.17, 15) is 4.79 Å². The van der Waals surface area contributed by atoms with Crippen LogP contribution in [0.15, 0.2) is 30.6 Å². The lowest BCUT2D eigenvalue weighted by molar-refractivity contribution is 0.112. The summed E-state index contributed by atoms with van der Waals surface area (Å²) in [7, 11) is 0. The fraction of sp³-hybridized carbons (Fsp3) is 0.154. The van der Waals surface area contributed by atoms with E-state index in [0.29, 0.717) is 30.1 Å². The Morgan fingerprint density at radius 2 is 2.16 bits per heavy atom. The van der Waals surface area contributed by atoms with Crippen LogP contribution in [0.5, 0.6) is 5.75 Å². The number of aromatic nitrogens is 2. The maximum absolute atomic E-state index is 11.0. The van der Waals surface area contributed by atoms with E-state index in [0.717, 1.165) is 0 Å². The fourth-order valence-corrected chi connectivity index (χ4v) is 1.73. The monoisotopic (exact) mass is 277 g/mol. The van der Waals surface area contributed by atoms with Gasteiger partial charge in [-0.25, -0.2) is 9.97 Å². The van der Waals surface area contributed by atoms with E-state index in [1.807, 2.05) is 31.2 Å². The Balaban J connectivity index is 2.36. The van der Waals surface area contributed by atoms with Gasteiger partial charge in [-0.05, 0) is 19.1 Å². The van der Waals surface area contributed by atoms with Crippen LogP contribution in [-0.4, -0.2) is 22.9 Å². The minimum atomic E-state index is 0.112. The van der Waals surface area contributed by atoms with Gasteiger partial charge in [0.15, 0.2) is 6.29 Å². The number of anilines is 2. The molecule has 0 spiro atoms. The Bertz CT molecular complexity index is 590. The van der Waals surface area contributed by atoms with Gasteiger partial charge in [0.1, 0.15) is 23.0 Å². The standard InChI is InChI=1S/C13H12ClN3O2/c1-2-19-11-6-4-3-5-10(11)17-13-9(7-18)12(14)15-8-16-13/h3-8H,2H2,1H3,(H,15,16,17). The Morgan fingerprint density at radius 3 is 2.89 bits per heavy atom. The normalized spacial score (nSPS) is 10.0. The molecule has 0 aliphatic rings. The predicted octanol–water partition coefficient (Wildman–Crippen LogP) is 3.08. The van der Waals surface area contributed by atoms with Gasteiger partial charge in [-0.2, -0.15) is 0 Å². The molecule has 0 fully saturated rings. The average molecular weight is 278 g/mol. The number of para-hydroxylation sites is 2. The molecule has 0 saturated carbocycles. The van der Waals surface area contributed by atoms with Crippen LogP contribution in [0, 0.1) is 0 Å². The summed E-state index contributed by atoms with van der Waals surface area (Å²) in [5, 5.41) is 3.14. The summed E-state index contributed by atoms with van der Waals surface area (Å²) in [4.78, 5) is 18.8. The molecule has 1 aromatic carbocycles. The molecule has 0 bridgehead atoms. The van der Waals surface area contributed by atoms with Crippen molar-refractivity contribution in [3.63, 3.8) is 0 Å². The molecule has 6 heteroatoms. The lowest BCUT2D eigenvalue weighted by Crippen LogP contribution is -2.02. The second kappa shape index (κ2) is 6.15. The number of carbonyl (C=O) groups is 1.